The van der Waals surface area contributed by atoms with E-state index in [4.69, 9.17) is 4.74 Å². The van der Waals surface area contributed by atoms with Crippen molar-refractivity contribution in [3.8, 4) is 0 Å². The Hall–Kier alpha value is -0.120. The molecular weight excluding hydrogens is 200 g/mol. The number of nitrogens with zero attached hydrogens (tertiary/aromatic N) is 1. The Kier molecular flexibility index (Phi) is 7.01. The molecule has 3 nitrogen and oxygen atoms in total. The van der Waals surface area contributed by atoms with E-state index >= 15 is 0 Å². The quantitative estimate of drug-likeness (QED) is 0.640. The molecule has 0 spiro atoms. The summed E-state index contributed by atoms with van der Waals surface area (Å²) in [5.41, 5.74) is 0. The van der Waals surface area contributed by atoms with Crippen molar-refractivity contribution >= 4 is 0 Å². The Morgan fingerprint density at radius 3 is 2.94 bits per heavy atom. The second-order valence-electron chi connectivity index (χ2n) is 5.05. The zero-order chi connectivity index (χ0) is 11.8. The standard InChI is InChI=1S/C13H28N2O/c1-4-5-12(2)15(3)8-7-14-10-13-6-9-16-11-13/h12-14H,4-11H2,1-3H3. The minimum atomic E-state index is 0.710. The third-order valence-electron chi connectivity index (χ3n) is 3.56. The number of nitrogens with one attached hydrogen (secondary N) is 1. The first-order valence-corrected chi connectivity index (χ1v) is 6.72. The number of ether oxygens (including phenoxy) is 1. The Balaban J connectivity index is 1.97. The van der Waals surface area contributed by atoms with Crippen molar-refractivity contribution in [1.82, 2.24) is 10.2 Å². The molecule has 3 heteroatoms. The van der Waals surface area contributed by atoms with Crippen molar-refractivity contribution in [2.45, 2.75) is 39.2 Å². The maximum Gasteiger partial charge on any atom is 0.0507 e. The van der Waals surface area contributed by atoms with E-state index in [-0.39, 0.29) is 0 Å². The van der Waals surface area contributed by atoms with E-state index in [2.05, 4.69) is 31.1 Å². The molecule has 0 aromatic heterocycles. The molecule has 2 unspecified atom stereocenters. The van der Waals surface area contributed by atoms with Crippen LogP contribution in [0.5, 0.6) is 0 Å². The topological polar surface area (TPSA) is 24.5 Å². The first-order chi connectivity index (χ1) is 7.74. The predicted molar refractivity (Wildman–Crippen MR) is 68.8 cm³/mol. The molecule has 1 heterocycles. The predicted octanol–water partition coefficient (Wildman–Crippen LogP) is 1.73. The Bertz CT molecular complexity index is 169. The van der Waals surface area contributed by atoms with Crippen LogP contribution in [0.1, 0.15) is 33.1 Å². The van der Waals surface area contributed by atoms with Gasteiger partial charge in [-0.1, -0.05) is 13.3 Å². The average Bonchev–Trinajstić information content (AvgIpc) is 2.77. The molecule has 0 bridgehead atoms. The van der Waals surface area contributed by atoms with Crippen molar-refractivity contribution in [2.24, 2.45) is 5.92 Å². The first-order valence-electron chi connectivity index (χ1n) is 6.72. The average molecular weight is 228 g/mol. The molecular formula is C13H28N2O. The molecule has 0 amide bonds. The van der Waals surface area contributed by atoms with Gasteiger partial charge in [0, 0.05) is 32.3 Å². The lowest BCUT2D eigenvalue weighted by molar-refractivity contribution is 0.184. The van der Waals surface area contributed by atoms with Gasteiger partial charge >= 0.3 is 0 Å². The molecule has 0 aromatic rings. The summed E-state index contributed by atoms with van der Waals surface area (Å²) in [6, 6.07) is 0.710. The Labute approximate surface area is 101 Å². The van der Waals surface area contributed by atoms with Crippen LogP contribution in [0, 0.1) is 5.92 Å². The maximum atomic E-state index is 5.35. The molecule has 2 atom stereocenters. The van der Waals surface area contributed by atoms with Crippen LogP contribution in [0.25, 0.3) is 0 Å². The fourth-order valence-electron chi connectivity index (χ4n) is 2.16. The molecule has 0 aliphatic carbocycles. The molecule has 0 radical (unpaired) electrons. The van der Waals surface area contributed by atoms with Gasteiger partial charge in [0.25, 0.3) is 0 Å². The molecule has 1 aliphatic rings. The van der Waals surface area contributed by atoms with Gasteiger partial charge in [-0.25, -0.2) is 0 Å². The van der Waals surface area contributed by atoms with Crippen molar-refractivity contribution in [1.29, 1.82) is 0 Å². The lowest BCUT2D eigenvalue weighted by Gasteiger charge is -2.24. The van der Waals surface area contributed by atoms with Gasteiger partial charge in [-0.2, -0.15) is 0 Å². The lowest BCUT2D eigenvalue weighted by Crippen LogP contribution is -2.36. The molecule has 16 heavy (non-hydrogen) atoms. The third kappa shape index (κ3) is 5.28. The monoisotopic (exact) mass is 228 g/mol. The van der Waals surface area contributed by atoms with Crippen LogP contribution in [0.2, 0.25) is 0 Å². The molecule has 0 saturated carbocycles. The van der Waals surface area contributed by atoms with Gasteiger partial charge in [0.15, 0.2) is 0 Å². The summed E-state index contributed by atoms with van der Waals surface area (Å²) in [5.74, 6) is 0.748. The van der Waals surface area contributed by atoms with Gasteiger partial charge in [0.2, 0.25) is 0 Å². The van der Waals surface area contributed by atoms with Crippen LogP contribution in [-0.2, 0) is 4.74 Å². The van der Waals surface area contributed by atoms with Crippen molar-refractivity contribution < 1.29 is 4.74 Å². The summed E-state index contributed by atoms with van der Waals surface area (Å²) >= 11 is 0. The molecule has 1 aliphatic heterocycles. The summed E-state index contributed by atoms with van der Waals surface area (Å²) in [6.07, 6.45) is 3.81. The summed E-state index contributed by atoms with van der Waals surface area (Å²) in [5, 5.41) is 3.53. The maximum absolute atomic E-state index is 5.35. The summed E-state index contributed by atoms with van der Waals surface area (Å²) in [6.45, 7) is 9.84. The minimum Gasteiger partial charge on any atom is -0.381 e. The van der Waals surface area contributed by atoms with Crippen LogP contribution in [-0.4, -0.2) is 50.8 Å². The van der Waals surface area contributed by atoms with E-state index < -0.39 is 0 Å². The van der Waals surface area contributed by atoms with Gasteiger partial charge in [-0.15, -0.1) is 0 Å². The highest BCUT2D eigenvalue weighted by Crippen LogP contribution is 2.10. The summed E-state index contributed by atoms with van der Waals surface area (Å²) in [7, 11) is 2.22. The highest BCUT2D eigenvalue weighted by Gasteiger charge is 2.14. The van der Waals surface area contributed by atoms with Gasteiger partial charge in [0.1, 0.15) is 0 Å². The van der Waals surface area contributed by atoms with Gasteiger partial charge in [0.05, 0.1) is 6.61 Å². The molecule has 96 valence electrons. The largest absolute Gasteiger partial charge is 0.381 e. The van der Waals surface area contributed by atoms with E-state index in [0.717, 1.165) is 38.8 Å². The Morgan fingerprint density at radius 2 is 2.31 bits per heavy atom. The van der Waals surface area contributed by atoms with Crippen LogP contribution in [0.4, 0.5) is 0 Å². The smallest absolute Gasteiger partial charge is 0.0507 e. The van der Waals surface area contributed by atoms with Crippen molar-refractivity contribution in [3.05, 3.63) is 0 Å². The molecule has 0 aromatic carbocycles. The van der Waals surface area contributed by atoms with E-state index in [9.17, 15) is 0 Å². The second kappa shape index (κ2) is 8.04. The number of hydrogen-bond donors (Lipinski definition) is 1. The third-order valence-corrected chi connectivity index (χ3v) is 3.56. The zero-order valence-corrected chi connectivity index (χ0v) is 11.2. The molecule has 1 rings (SSSR count). The van der Waals surface area contributed by atoms with E-state index in [1.165, 1.54) is 19.3 Å². The van der Waals surface area contributed by atoms with Gasteiger partial charge < -0.3 is 15.0 Å². The van der Waals surface area contributed by atoms with Gasteiger partial charge in [-0.3, -0.25) is 0 Å². The van der Waals surface area contributed by atoms with E-state index in [1.807, 2.05) is 0 Å². The van der Waals surface area contributed by atoms with Crippen LogP contribution in [0.3, 0.4) is 0 Å². The van der Waals surface area contributed by atoms with Crippen molar-refractivity contribution in [3.63, 3.8) is 0 Å². The van der Waals surface area contributed by atoms with Crippen LogP contribution >= 0.6 is 0 Å². The number of likely N-dealkylation sites (N-methyl/N-ethyl adjacent to an activating group) is 1. The fraction of sp³-hybridized carbons (Fsp3) is 1.00. The van der Waals surface area contributed by atoms with Crippen LogP contribution in [0.15, 0.2) is 0 Å². The highest BCUT2D eigenvalue weighted by molar-refractivity contribution is 4.68. The molecule has 1 N–H and O–H groups in total. The van der Waals surface area contributed by atoms with Crippen molar-refractivity contribution in [2.75, 3.05) is 39.9 Å². The lowest BCUT2D eigenvalue weighted by atomic mass is 10.1. The normalized spacial score (nSPS) is 22.9. The molecule has 1 fully saturated rings. The number of hydrogen-bond acceptors (Lipinski definition) is 3. The fourth-order valence-corrected chi connectivity index (χ4v) is 2.16. The highest BCUT2D eigenvalue weighted by atomic mass is 16.5. The SMILES string of the molecule is CCCC(C)N(C)CCNCC1CCOC1. The zero-order valence-electron chi connectivity index (χ0n) is 11.2. The summed E-state index contributed by atoms with van der Waals surface area (Å²) < 4.78 is 5.35. The van der Waals surface area contributed by atoms with E-state index in [1.54, 1.807) is 0 Å². The van der Waals surface area contributed by atoms with Crippen LogP contribution < -0.4 is 5.32 Å². The minimum absolute atomic E-state index is 0.710. The van der Waals surface area contributed by atoms with E-state index in [0.29, 0.717) is 6.04 Å². The number of rotatable bonds is 8. The second-order valence-corrected chi connectivity index (χ2v) is 5.05. The Morgan fingerprint density at radius 1 is 1.50 bits per heavy atom. The molecule has 1 saturated heterocycles. The first kappa shape index (κ1) is 13.9. The van der Waals surface area contributed by atoms with Gasteiger partial charge in [-0.05, 0) is 32.7 Å². The summed E-state index contributed by atoms with van der Waals surface area (Å²) in [4.78, 5) is 2.45.